The van der Waals surface area contributed by atoms with Crippen molar-refractivity contribution in [3.63, 3.8) is 0 Å². The summed E-state index contributed by atoms with van der Waals surface area (Å²) in [6, 6.07) is 0. The van der Waals surface area contributed by atoms with E-state index in [0.29, 0.717) is 18.3 Å². The number of carboxylic acid groups (broad SMARTS) is 1. The third-order valence-electron chi connectivity index (χ3n) is 8.66. The average Bonchev–Trinajstić information content (AvgIpc) is 2.96. The van der Waals surface area contributed by atoms with E-state index in [1.165, 1.54) is 18.9 Å². The van der Waals surface area contributed by atoms with Gasteiger partial charge in [0.25, 0.3) is 0 Å². The second kappa shape index (κ2) is 17.8. The van der Waals surface area contributed by atoms with Gasteiger partial charge in [-0.25, -0.2) is 4.79 Å². The van der Waals surface area contributed by atoms with Gasteiger partial charge in [-0.05, 0) is 64.2 Å². The van der Waals surface area contributed by atoms with Crippen LogP contribution in [-0.4, -0.2) is 51.5 Å². The number of rotatable bonds is 15. The lowest BCUT2D eigenvalue weighted by atomic mass is 9.81. The van der Waals surface area contributed by atoms with Crippen molar-refractivity contribution in [3.05, 3.63) is 59.8 Å². The molecule has 0 bridgehead atoms. The molecule has 1 spiro atoms. The summed E-state index contributed by atoms with van der Waals surface area (Å²) >= 11 is 0. The van der Waals surface area contributed by atoms with Crippen molar-refractivity contribution in [2.24, 2.45) is 17.8 Å². The lowest BCUT2D eigenvalue weighted by molar-refractivity contribution is -0.324. The molecule has 0 aromatic rings. The van der Waals surface area contributed by atoms with Gasteiger partial charge < -0.3 is 24.8 Å². The monoisotopic (exact) mass is 572 g/mol. The molecule has 232 valence electrons. The van der Waals surface area contributed by atoms with Crippen LogP contribution in [0.5, 0.6) is 0 Å². The van der Waals surface area contributed by atoms with Crippen molar-refractivity contribution < 1.29 is 29.6 Å². The largest absolute Gasteiger partial charge is 0.478 e. The van der Waals surface area contributed by atoms with Crippen LogP contribution in [0.3, 0.4) is 0 Å². The highest BCUT2D eigenvalue weighted by Crippen LogP contribution is 2.45. The lowest BCUT2D eigenvalue weighted by Gasteiger charge is -2.49. The number of aliphatic hydroxyl groups excluding tert-OH is 2. The molecule has 0 aromatic carbocycles. The normalized spacial score (nSPS) is 30.4. The Balaban J connectivity index is 2.07. The highest BCUT2D eigenvalue weighted by atomic mass is 16.7. The van der Waals surface area contributed by atoms with E-state index < -0.39 is 17.9 Å². The molecule has 2 rings (SSSR count). The van der Waals surface area contributed by atoms with Gasteiger partial charge in [0.05, 0.1) is 24.4 Å². The van der Waals surface area contributed by atoms with Crippen LogP contribution in [0, 0.1) is 17.8 Å². The molecule has 0 amide bonds. The van der Waals surface area contributed by atoms with Crippen molar-refractivity contribution in [1.82, 2.24) is 0 Å². The minimum Gasteiger partial charge on any atom is -0.478 e. The highest BCUT2D eigenvalue weighted by Gasteiger charge is 2.46. The minimum absolute atomic E-state index is 0.0164. The summed E-state index contributed by atoms with van der Waals surface area (Å²) in [6.07, 6.45) is 23.6. The number of carbonyl (C=O) groups is 1. The number of hydrogen-bond donors (Lipinski definition) is 3. The van der Waals surface area contributed by atoms with Crippen LogP contribution in [0.25, 0.3) is 0 Å². The van der Waals surface area contributed by atoms with Crippen molar-refractivity contribution >= 4 is 5.97 Å². The Morgan fingerprint density at radius 3 is 2.39 bits per heavy atom. The number of allylic oxidation sites excluding steroid dienone is 4. The Morgan fingerprint density at radius 2 is 1.71 bits per heavy atom. The summed E-state index contributed by atoms with van der Waals surface area (Å²) in [5.74, 6) is -0.945. The molecule has 6 heteroatoms. The van der Waals surface area contributed by atoms with E-state index in [9.17, 15) is 15.0 Å². The molecule has 6 nitrogen and oxygen atoms in total. The molecular formula is C35H56O6. The Bertz CT molecular complexity index is 946. The quantitative estimate of drug-likeness (QED) is 0.138. The molecule has 2 fully saturated rings. The number of carboxylic acids is 1. The minimum atomic E-state index is -1.01. The maximum Gasteiger partial charge on any atom is 0.327 e. The van der Waals surface area contributed by atoms with Gasteiger partial charge in [-0.3, -0.25) is 0 Å². The zero-order chi connectivity index (χ0) is 30.4. The number of unbranched alkanes of at least 4 members (excludes halogenated alkanes) is 1. The fourth-order valence-electron chi connectivity index (χ4n) is 5.53. The molecule has 7 unspecified atom stereocenters. The zero-order valence-electron chi connectivity index (χ0n) is 26.3. The molecular weight excluding hydrogens is 516 g/mol. The van der Waals surface area contributed by atoms with E-state index in [1.54, 1.807) is 13.0 Å². The summed E-state index contributed by atoms with van der Waals surface area (Å²) in [7, 11) is 0. The van der Waals surface area contributed by atoms with Gasteiger partial charge in [0.15, 0.2) is 5.79 Å². The van der Waals surface area contributed by atoms with Gasteiger partial charge >= 0.3 is 5.97 Å². The van der Waals surface area contributed by atoms with Crippen molar-refractivity contribution in [3.8, 4) is 0 Å². The van der Waals surface area contributed by atoms with E-state index in [4.69, 9.17) is 14.6 Å². The molecule has 2 aliphatic heterocycles. The molecule has 0 aliphatic carbocycles. The number of aliphatic carboxylic acids is 1. The third-order valence-corrected chi connectivity index (χ3v) is 8.66. The summed E-state index contributed by atoms with van der Waals surface area (Å²) in [5, 5.41) is 29.0. The molecule has 3 N–H and O–H groups in total. The summed E-state index contributed by atoms with van der Waals surface area (Å²) in [5.41, 5.74) is 2.19. The van der Waals surface area contributed by atoms with Crippen LogP contribution in [0.4, 0.5) is 0 Å². The first-order valence-electron chi connectivity index (χ1n) is 15.8. The van der Waals surface area contributed by atoms with Crippen LogP contribution in [-0.2, 0) is 14.3 Å². The van der Waals surface area contributed by atoms with Crippen molar-refractivity contribution in [1.29, 1.82) is 0 Å². The Labute approximate surface area is 248 Å². The second-order valence-corrected chi connectivity index (χ2v) is 12.3. The predicted octanol–water partition coefficient (Wildman–Crippen LogP) is 7.68. The Hall–Kier alpha value is -1.99. The van der Waals surface area contributed by atoms with Crippen molar-refractivity contribution in [2.75, 3.05) is 0 Å². The Morgan fingerprint density at radius 1 is 1.00 bits per heavy atom. The van der Waals surface area contributed by atoms with Crippen LogP contribution in [0.15, 0.2) is 59.8 Å². The SMILES string of the molecule is CCCCC1CC[C@]2(CCC(C)C(C/C=C(C)/C=C/C(O)C(C)/C=C/C(=O)O)O2)OC1/C=C/C(C)=C/CC(O)CC. The predicted molar refractivity (Wildman–Crippen MR) is 166 cm³/mol. The van der Waals surface area contributed by atoms with E-state index in [-0.39, 0.29) is 24.2 Å². The summed E-state index contributed by atoms with van der Waals surface area (Å²) in [6.45, 7) is 12.4. The summed E-state index contributed by atoms with van der Waals surface area (Å²) < 4.78 is 13.6. The van der Waals surface area contributed by atoms with Gasteiger partial charge in [0.1, 0.15) is 0 Å². The van der Waals surface area contributed by atoms with Gasteiger partial charge in [-0.1, -0.05) is 94.2 Å². The van der Waals surface area contributed by atoms with Crippen LogP contribution < -0.4 is 0 Å². The Kier molecular flexibility index (Phi) is 15.3. The average molecular weight is 573 g/mol. The molecule has 41 heavy (non-hydrogen) atoms. The maximum atomic E-state index is 10.7. The van der Waals surface area contributed by atoms with Crippen molar-refractivity contribution in [2.45, 2.75) is 136 Å². The van der Waals surface area contributed by atoms with Crippen LogP contribution in [0.1, 0.15) is 106 Å². The standard InChI is InChI=1S/C35H56O6/c1-7-9-10-29-22-24-35(41-33(29)19-14-25(3)11-16-30(36)8-2)23-21-28(6)32(40-35)18-13-26(4)12-17-31(37)27(5)15-20-34(38)39/h11-15,17,19-20,27-33,36-37H,7-10,16,18,21-24H2,1-6H3,(H,38,39)/b17-12+,19-14+,20-15+,25-11+,26-13+/t27?,28?,29?,30?,31?,32?,33?,35-/m0/s1. The fraction of sp³-hybridized carbons (Fsp3) is 0.686. The molecule has 0 radical (unpaired) electrons. The second-order valence-electron chi connectivity index (χ2n) is 12.3. The van der Waals surface area contributed by atoms with Gasteiger partial charge in [-0.2, -0.15) is 0 Å². The maximum absolute atomic E-state index is 10.7. The van der Waals surface area contributed by atoms with E-state index in [2.05, 4.69) is 45.1 Å². The van der Waals surface area contributed by atoms with E-state index >= 15 is 0 Å². The molecule has 2 saturated heterocycles. The van der Waals surface area contributed by atoms with Crippen LogP contribution >= 0.6 is 0 Å². The topological polar surface area (TPSA) is 96.2 Å². The number of hydrogen-bond acceptors (Lipinski definition) is 5. The van der Waals surface area contributed by atoms with Crippen LogP contribution in [0.2, 0.25) is 0 Å². The first-order chi connectivity index (χ1) is 19.5. The van der Waals surface area contributed by atoms with E-state index in [1.807, 2.05) is 19.9 Å². The third kappa shape index (κ3) is 12.4. The van der Waals surface area contributed by atoms with Gasteiger partial charge in [-0.15, -0.1) is 0 Å². The molecule has 2 heterocycles. The molecule has 2 aliphatic rings. The van der Waals surface area contributed by atoms with E-state index in [0.717, 1.165) is 62.2 Å². The first kappa shape index (κ1) is 35.2. The number of ether oxygens (including phenoxy) is 2. The smallest absolute Gasteiger partial charge is 0.327 e. The first-order valence-corrected chi connectivity index (χ1v) is 15.8. The molecule has 0 saturated carbocycles. The molecule has 8 atom stereocenters. The van der Waals surface area contributed by atoms with Gasteiger partial charge in [0.2, 0.25) is 0 Å². The summed E-state index contributed by atoms with van der Waals surface area (Å²) in [4.78, 5) is 10.7. The van der Waals surface area contributed by atoms with Gasteiger partial charge in [0, 0.05) is 24.8 Å². The number of aliphatic hydroxyl groups is 2. The zero-order valence-corrected chi connectivity index (χ0v) is 26.3. The lowest BCUT2D eigenvalue weighted by Crippen LogP contribution is -2.52. The molecule has 0 aromatic heterocycles. The highest BCUT2D eigenvalue weighted by molar-refractivity contribution is 5.79. The fourth-order valence-corrected chi connectivity index (χ4v) is 5.53.